The highest BCUT2D eigenvalue weighted by atomic mass is 16.3. The van der Waals surface area contributed by atoms with E-state index in [0.29, 0.717) is 17.7 Å². The van der Waals surface area contributed by atoms with Crippen molar-refractivity contribution in [3.05, 3.63) is 29.8 Å². The highest BCUT2D eigenvalue weighted by molar-refractivity contribution is 5.28. The molecule has 116 valence electrons. The summed E-state index contributed by atoms with van der Waals surface area (Å²) in [6, 6.07) is 8.23. The van der Waals surface area contributed by atoms with Crippen LogP contribution >= 0.6 is 0 Å². The summed E-state index contributed by atoms with van der Waals surface area (Å²) in [5.74, 6) is 0.970. The first-order chi connectivity index (χ1) is 10.1. The molecule has 3 nitrogen and oxygen atoms in total. The fourth-order valence-corrected chi connectivity index (χ4v) is 3.92. The van der Waals surface area contributed by atoms with Crippen LogP contribution < -0.4 is 5.32 Å². The lowest BCUT2D eigenvalue weighted by Crippen LogP contribution is -2.43. The Hall–Kier alpha value is -1.06. The van der Waals surface area contributed by atoms with Crippen LogP contribution in [0.1, 0.15) is 62.8 Å². The van der Waals surface area contributed by atoms with E-state index >= 15 is 0 Å². The Bertz CT molecular complexity index is 443. The summed E-state index contributed by atoms with van der Waals surface area (Å²) < 4.78 is 0. The second kappa shape index (κ2) is 6.37. The molecule has 0 bridgehead atoms. The average molecular weight is 289 g/mol. The van der Waals surface area contributed by atoms with Gasteiger partial charge in [-0.1, -0.05) is 25.0 Å². The topological polar surface area (TPSA) is 52.5 Å². The number of hydrogen-bond acceptors (Lipinski definition) is 3. The second-order valence-electron chi connectivity index (χ2n) is 6.95. The molecule has 21 heavy (non-hydrogen) atoms. The summed E-state index contributed by atoms with van der Waals surface area (Å²) in [7, 11) is 0. The van der Waals surface area contributed by atoms with Gasteiger partial charge in [0, 0.05) is 12.6 Å². The van der Waals surface area contributed by atoms with Crippen molar-refractivity contribution in [1.29, 1.82) is 0 Å². The van der Waals surface area contributed by atoms with E-state index in [-0.39, 0.29) is 0 Å². The quantitative estimate of drug-likeness (QED) is 0.797. The monoisotopic (exact) mass is 289 g/mol. The third-order valence-corrected chi connectivity index (χ3v) is 5.35. The van der Waals surface area contributed by atoms with Crippen LogP contribution in [0, 0.1) is 0 Å². The van der Waals surface area contributed by atoms with Crippen molar-refractivity contribution in [3.63, 3.8) is 0 Å². The first-order valence-corrected chi connectivity index (χ1v) is 8.39. The normalized spacial score (nSPS) is 28.6. The molecule has 3 N–H and O–H groups in total. The summed E-state index contributed by atoms with van der Waals surface area (Å²) in [5.41, 5.74) is 0.911. The lowest BCUT2D eigenvalue weighted by molar-refractivity contribution is 0.0432. The number of hydrogen-bond donors (Lipinski definition) is 3. The predicted molar refractivity (Wildman–Crippen MR) is 84.5 cm³/mol. The van der Waals surface area contributed by atoms with E-state index in [2.05, 4.69) is 17.4 Å². The van der Waals surface area contributed by atoms with E-state index in [1.54, 1.807) is 12.1 Å². The standard InChI is InChI=1S/C18H27NO2/c20-17-9-5-15(6-10-17)14-3-7-16(8-4-14)19-13-18(21)11-1-2-12-18/h5-6,9-10,14,16,19-21H,1-4,7-8,11-13H2. The van der Waals surface area contributed by atoms with Gasteiger partial charge in [-0.15, -0.1) is 0 Å². The summed E-state index contributed by atoms with van der Waals surface area (Å²) >= 11 is 0. The molecule has 0 aliphatic heterocycles. The van der Waals surface area contributed by atoms with Crippen LogP contribution in [0.4, 0.5) is 0 Å². The molecule has 0 radical (unpaired) electrons. The fraction of sp³-hybridized carbons (Fsp3) is 0.667. The van der Waals surface area contributed by atoms with Crippen LogP contribution in [0.5, 0.6) is 5.75 Å². The van der Waals surface area contributed by atoms with Crippen LogP contribution in [0.15, 0.2) is 24.3 Å². The van der Waals surface area contributed by atoms with Crippen molar-refractivity contribution < 1.29 is 10.2 Å². The van der Waals surface area contributed by atoms with Crippen molar-refractivity contribution in [2.75, 3.05) is 6.54 Å². The number of rotatable bonds is 4. The maximum Gasteiger partial charge on any atom is 0.115 e. The Kier molecular flexibility index (Phi) is 4.51. The van der Waals surface area contributed by atoms with Gasteiger partial charge in [0.1, 0.15) is 5.75 Å². The van der Waals surface area contributed by atoms with Crippen molar-refractivity contribution in [2.24, 2.45) is 0 Å². The molecule has 0 heterocycles. The molecule has 3 heteroatoms. The van der Waals surface area contributed by atoms with E-state index < -0.39 is 5.60 Å². The Morgan fingerprint density at radius 3 is 2.24 bits per heavy atom. The summed E-state index contributed by atoms with van der Waals surface area (Å²) in [6.07, 6.45) is 9.02. The minimum absolute atomic E-state index is 0.346. The molecule has 0 amide bonds. The second-order valence-corrected chi connectivity index (χ2v) is 6.95. The number of nitrogens with one attached hydrogen (secondary N) is 1. The number of aromatic hydroxyl groups is 1. The van der Waals surface area contributed by atoms with Crippen LogP contribution in [0.2, 0.25) is 0 Å². The minimum atomic E-state index is -0.437. The summed E-state index contributed by atoms with van der Waals surface area (Å²) in [4.78, 5) is 0. The van der Waals surface area contributed by atoms with E-state index in [9.17, 15) is 10.2 Å². The molecule has 1 aromatic carbocycles. The molecule has 2 fully saturated rings. The van der Waals surface area contributed by atoms with E-state index in [4.69, 9.17) is 0 Å². The molecule has 2 aliphatic carbocycles. The van der Waals surface area contributed by atoms with E-state index in [0.717, 1.165) is 19.4 Å². The Morgan fingerprint density at radius 1 is 1.00 bits per heavy atom. The molecule has 0 atom stereocenters. The number of aliphatic hydroxyl groups is 1. The zero-order chi connectivity index (χ0) is 14.7. The summed E-state index contributed by atoms with van der Waals surface area (Å²) in [5, 5.41) is 23.3. The number of benzene rings is 1. The van der Waals surface area contributed by atoms with Crippen molar-refractivity contribution in [2.45, 2.75) is 68.9 Å². The maximum atomic E-state index is 10.4. The highest BCUT2D eigenvalue weighted by Gasteiger charge is 2.32. The Balaban J connectivity index is 1.45. The maximum absolute atomic E-state index is 10.4. The molecule has 0 spiro atoms. The summed E-state index contributed by atoms with van der Waals surface area (Å²) in [6.45, 7) is 0.765. The number of phenolic OH excluding ortho intramolecular Hbond substituents is 1. The molecule has 2 saturated carbocycles. The van der Waals surface area contributed by atoms with Gasteiger partial charge in [-0.25, -0.2) is 0 Å². The van der Waals surface area contributed by atoms with Gasteiger partial charge < -0.3 is 15.5 Å². The van der Waals surface area contributed by atoms with Crippen LogP contribution in [-0.4, -0.2) is 28.4 Å². The van der Waals surface area contributed by atoms with Gasteiger partial charge >= 0.3 is 0 Å². The zero-order valence-corrected chi connectivity index (χ0v) is 12.7. The van der Waals surface area contributed by atoms with Gasteiger partial charge in [-0.3, -0.25) is 0 Å². The van der Waals surface area contributed by atoms with Gasteiger partial charge in [-0.05, 0) is 62.1 Å². The van der Waals surface area contributed by atoms with Gasteiger partial charge in [-0.2, -0.15) is 0 Å². The van der Waals surface area contributed by atoms with Gasteiger partial charge in [0.25, 0.3) is 0 Å². The van der Waals surface area contributed by atoms with Crippen LogP contribution in [0.25, 0.3) is 0 Å². The lowest BCUT2D eigenvalue weighted by atomic mass is 9.81. The van der Waals surface area contributed by atoms with Crippen LogP contribution in [-0.2, 0) is 0 Å². The third kappa shape index (κ3) is 3.78. The molecule has 2 aliphatic rings. The molecule has 0 unspecified atom stereocenters. The largest absolute Gasteiger partial charge is 0.508 e. The predicted octanol–water partition coefficient (Wildman–Crippen LogP) is 3.31. The van der Waals surface area contributed by atoms with Gasteiger partial charge in [0.15, 0.2) is 0 Å². The molecule has 3 rings (SSSR count). The fourth-order valence-electron chi connectivity index (χ4n) is 3.92. The molecule has 1 aromatic rings. The SMILES string of the molecule is Oc1ccc(C2CCC(NCC3(O)CCCC3)CC2)cc1. The highest BCUT2D eigenvalue weighted by Crippen LogP contribution is 2.34. The molecular formula is C18H27NO2. The first kappa shape index (κ1) is 14.9. The van der Waals surface area contributed by atoms with E-state index in [1.807, 2.05) is 0 Å². The van der Waals surface area contributed by atoms with E-state index in [1.165, 1.54) is 44.1 Å². The van der Waals surface area contributed by atoms with Crippen molar-refractivity contribution >= 4 is 0 Å². The van der Waals surface area contributed by atoms with Gasteiger partial charge in [0.2, 0.25) is 0 Å². The molecule has 0 aromatic heterocycles. The van der Waals surface area contributed by atoms with Crippen molar-refractivity contribution in [1.82, 2.24) is 5.32 Å². The molecular weight excluding hydrogens is 262 g/mol. The van der Waals surface area contributed by atoms with Crippen molar-refractivity contribution in [3.8, 4) is 5.75 Å². The Labute approximate surface area is 127 Å². The Morgan fingerprint density at radius 2 is 1.62 bits per heavy atom. The van der Waals surface area contributed by atoms with Gasteiger partial charge in [0.05, 0.1) is 5.60 Å². The third-order valence-electron chi connectivity index (χ3n) is 5.35. The minimum Gasteiger partial charge on any atom is -0.508 e. The average Bonchev–Trinajstić information content (AvgIpc) is 2.94. The lowest BCUT2D eigenvalue weighted by Gasteiger charge is -2.32. The molecule has 0 saturated heterocycles. The number of phenols is 1. The van der Waals surface area contributed by atoms with Crippen LogP contribution in [0.3, 0.4) is 0 Å². The first-order valence-electron chi connectivity index (χ1n) is 8.39. The zero-order valence-electron chi connectivity index (χ0n) is 12.7. The smallest absolute Gasteiger partial charge is 0.115 e.